The Morgan fingerprint density at radius 2 is 2.00 bits per heavy atom. The Hall–Kier alpha value is -1.78. The van der Waals surface area contributed by atoms with Crippen LogP contribution in [0.25, 0.3) is 0 Å². The summed E-state index contributed by atoms with van der Waals surface area (Å²) in [7, 11) is 0. The minimum absolute atomic E-state index is 0.242. The number of carbonyl (C=O) groups is 2. The highest BCUT2D eigenvalue weighted by atomic mass is 16.4. The lowest BCUT2D eigenvalue weighted by molar-refractivity contribution is -0.120. The zero-order valence-electron chi connectivity index (χ0n) is 10.3. The van der Waals surface area contributed by atoms with Crippen molar-refractivity contribution in [2.24, 2.45) is 11.7 Å². The van der Waals surface area contributed by atoms with Crippen LogP contribution in [0.4, 0.5) is 0 Å². The first-order chi connectivity index (χ1) is 7.84. The number of primary amides is 1. The van der Waals surface area contributed by atoms with Gasteiger partial charge < -0.3 is 15.4 Å². The summed E-state index contributed by atoms with van der Waals surface area (Å²) < 4.78 is 1.64. The van der Waals surface area contributed by atoms with E-state index in [2.05, 4.69) is 0 Å². The molecule has 0 aromatic carbocycles. The monoisotopic (exact) mass is 238 g/mol. The van der Waals surface area contributed by atoms with Crippen LogP contribution in [-0.4, -0.2) is 21.6 Å². The smallest absolute Gasteiger partial charge is 0.337 e. The molecule has 0 saturated carbocycles. The summed E-state index contributed by atoms with van der Waals surface area (Å²) in [5.74, 6) is -1.14. The molecular formula is C12H18N2O3. The lowest BCUT2D eigenvalue weighted by Crippen LogP contribution is -2.25. The molecule has 1 rings (SSSR count). The Kier molecular flexibility index (Phi) is 3.93. The van der Waals surface area contributed by atoms with Gasteiger partial charge in [-0.05, 0) is 25.3 Å². The van der Waals surface area contributed by atoms with Crippen molar-refractivity contribution in [3.05, 3.63) is 23.5 Å². The molecule has 1 amide bonds. The van der Waals surface area contributed by atoms with E-state index in [4.69, 9.17) is 10.8 Å². The lowest BCUT2D eigenvalue weighted by Gasteiger charge is -2.16. The van der Waals surface area contributed by atoms with Crippen molar-refractivity contribution in [3.8, 4) is 0 Å². The molecular weight excluding hydrogens is 220 g/mol. The van der Waals surface area contributed by atoms with Crippen LogP contribution in [-0.2, 0) is 11.2 Å². The molecule has 1 unspecified atom stereocenters. The number of aromatic nitrogens is 1. The van der Waals surface area contributed by atoms with Gasteiger partial charge in [0, 0.05) is 11.9 Å². The van der Waals surface area contributed by atoms with E-state index in [0.29, 0.717) is 18.0 Å². The molecule has 1 atom stereocenters. The van der Waals surface area contributed by atoms with Crippen LogP contribution in [0.5, 0.6) is 0 Å². The van der Waals surface area contributed by atoms with Gasteiger partial charge in [0.15, 0.2) is 0 Å². The van der Waals surface area contributed by atoms with Crippen LogP contribution in [0.3, 0.4) is 0 Å². The maximum absolute atomic E-state index is 11.2. The highest BCUT2D eigenvalue weighted by Crippen LogP contribution is 2.20. The van der Waals surface area contributed by atoms with Crippen molar-refractivity contribution in [3.63, 3.8) is 0 Å². The van der Waals surface area contributed by atoms with E-state index in [1.54, 1.807) is 17.7 Å². The predicted octanol–water partition coefficient (Wildman–Crippen LogP) is 1.43. The van der Waals surface area contributed by atoms with Gasteiger partial charge in [0.2, 0.25) is 5.91 Å². The number of hydrogen-bond donors (Lipinski definition) is 2. The normalized spacial score (nSPS) is 12.7. The van der Waals surface area contributed by atoms with E-state index in [-0.39, 0.29) is 5.56 Å². The summed E-state index contributed by atoms with van der Waals surface area (Å²) in [6, 6.07) is 0.983. The van der Waals surface area contributed by atoms with Gasteiger partial charge in [-0.3, -0.25) is 4.79 Å². The largest absolute Gasteiger partial charge is 0.478 e. The highest BCUT2D eigenvalue weighted by molar-refractivity contribution is 5.89. The van der Waals surface area contributed by atoms with Crippen LogP contribution in [0, 0.1) is 5.92 Å². The summed E-state index contributed by atoms with van der Waals surface area (Å²) in [6.07, 6.45) is 2.21. The van der Waals surface area contributed by atoms with Gasteiger partial charge in [0.1, 0.15) is 6.04 Å². The van der Waals surface area contributed by atoms with Crippen molar-refractivity contribution in [1.82, 2.24) is 4.57 Å². The quantitative estimate of drug-likeness (QED) is 0.813. The fourth-order valence-electron chi connectivity index (χ4n) is 1.78. The molecule has 3 N–H and O–H groups in total. The third-order valence-electron chi connectivity index (χ3n) is 2.69. The van der Waals surface area contributed by atoms with Gasteiger partial charge in [0.25, 0.3) is 0 Å². The van der Waals surface area contributed by atoms with Crippen molar-refractivity contribution in [2.45, 2.75) is 33.2 Å². The second-order valence-corrected chi connectivity index (χ2v) is 4.56. The number of hydrogen-bond acceptors (Lipinski definition) is 2. The molecule has 17 heavy (non-hydrogen) atoms. The molecule has 0 bridgehead atoms. The standard InChI is InChI=1S/C12H18N2O3/c1-7(2)6-10-9(12(16)17)4-5-14(10)8(3)11(13)15/h4-5,7-8H,6H2,1-3H3,(H2,13,15)(H,16,17). The third-order valence-corrected chi connectivity index (χ3v) is 2.69. The zero-order chi connectivity index (χ0) is 13.2. The number of carbonyl (C=O) groups excluding carboxylic acids is 1. The number of nitrogens with zero attached hydrogens (tertiary/aromatic N) is 1. The van der Waals surface area contributed by atoms with Crippen LogP contribution in [0.1, 0.15) is 42.9 Å². The fourth-order valence-corrected chi connectivity index (χ4v) is 1.78. The molecule has 5 nitrogen and oxygen atoms in total. The summed E-state index contributed by atoms with van der Waals surface area (Å²) in [4.78, 5) is 22.3. The number of carboxylic acid groups (broad SMARTS) is 1. The van der Waals surface area contributed by atoms with Crippen molar-refractivity contribution >= 4 is 11.9 Å². The van der Waals surface area contributed by atoms with E-state index < -0.39 is 17.9 Å². The minimum atomic E-state index is -0.976. The first kappa shape index (κ1) is 13.3. The number of carboxylic acids is 1. The number of rotatable bonds is 5. The Morgan fingerprint density at radius 3 is 2.41 bits per heavy atom. The molecule has 0 radical (unpaired) electrons. The molecule has 0 fully saturated rings. The second kappa shape index (κ2) is 5.03. The molecule has 0 saturated heterocycles. The average molecular weight is 238 g/mol. The highest BCUT2D eigenvalue weighted by Gasteiger charge is 2.21. The Labute approximate surface area is 100 Å². The maximum Gasteiger partial charge on any atom is 0.337 e. The van der Waals surface area contributed by atoms with Crippen molar-refractivity contribution in [2.75, 3.05) is 0 Å². The van der Waals surface area contributed by atoms with Gasteiger partial charge in [-0.2, -0.15) is 0 Å². The van der Waals surface area contributed by atoms with Crippen LogP contribution < -0.4 is 5.73 Å². The summed E-state index contributed by atoms with van der Waals surface area (Å²) in [6.45, 7) is 5.66. The Morgan fingerprint density at radius 1 is 1.41 bits per heavy atom. The van der Waals surface area contributed by atoms with Crippen LogP contribution in [0.15, 0.2) is 12.3 Å². The topological polar surface area (TPSA) is 85.3 Å². The van der Waals surface area contributed by atoms with Gasteiger partial charge in [-0.15, -0.1) is 0 Å². The average Bonchev–Trinajstić information content (AvgIpc) is 2.59. The molecule has 0 aliphatic rings. The first-order valence-electron chi connectivity index (χ1n) is 5.57. The lowest BCUT2D eigenvalue weighted by atomic mass is 10.0. The predicted molar refractivity (Wildman–Crippen MR) is 63.8 cm³/mol. The van der Waals surface area contributed by atoms with Crippen molar-refractivity contribution in [1.29, 1.82) is 0 Å². The van der Waals surface area contributed by atoms with E-state index in [9.17, 15) is 9.59 Å². The van der Waals surface area contributed by atoms with Gasteiger partial charge in [-0.1, -0.05) is 13.8 Å². The summed E-state index contributed by atoms with van der Waals surface area (Å²) in [5.41, 5.74) is 6.14. The summed E-state index contributed by atoms with van der Waals surface area (Å²) >= 11 is 0. The van der Waals surface area contributed by atoms with Gasteiger partial charge >= 0.3 is 5.97 Å². The van der Waals surface area contributed by atoms with E-state index in [1.165, 1.54) is 6.07 Å². The third kappa shape index (κ3) is 2.87. The van der Waals surface area contributed by atoms with E-state index in [0.717, 1.165) is 0 Å². The maximum atomic E-state index is 11.2. The van der Waals surface area contributed by atoms with Gasteiger partial charge in [-0.25, -0.2) is 4.79 Å². The summed E-state index contributed by atoms with van der Waals surface area (Å²) in [5, 5.41) is 9.08. The van der Waals surface area contributed by atoms with Crippen LogP contribution in [0.2, 0.25) is 0 Å². The molecule has 0 spiro atoms. The minimum Gasteiger partial charge on any atom is -0.478 e. The Bertz CT molecular complexity index is 435. The number of aromatic carboxylic acids is 1. The zero-order valence-corrected chi connectivity index (χ0v) is 10.3. The van der Waals surface area contributed by atoms with Crippen molar-refractivity contribution < 1.29 is 14.7 Å². The molecule has 1 aromatic rings. The Balaban J connectivity index is 3.22. The van der Waals surface area contributed by atoms with Gasteiger partial charge in [0.05, 0.1) is 5.56 Å². The first-order valence-corrected chi connectivity index (χ1v) is 5.57. The number of amides is 1. The van der Waals surface area contributed by atoms with E-state index >= 15 is 0 Å². The second-order valence-electron chi connectivity index (χ2n) is 4.56. The molecule has 1 aromatic heterocycles. The fraction of sp³-hybridized carbons (Fsp3) is 0.500. The SMILES string of the molecule is CC(C)Cc1c(C(=O)O)ccn1C(C)C(N)=O. The molecule has 5 heteroatoms. The number of nitrogens with two attached hydrogens (primary N) is 1. The van der Waals surface area contributed by atoms with Crippen LogP contribution >= 0.6 is 0 Å². The molecule has 1 heterocycles. The molecule has 0 aliphatic carbocycles. The van der Waals surface area contributed by atoms with E-state index in [1.807, 2.05) is 13.8 Å². The molecule has 94 valence electrons. The molecule has 0 aliphatic heterocycles.